The lowest BCUT2D eigenvalue weighted by Crippen LogP contribution is -2.59. The first-order chi connectivity index (χ1) is 8.46. The molecule has 2 unspecified atom stereocenters. The summed E-state index contributed by atoms with van der Waals surface area (Å²) in [6.45, 7) is 15.1. The van der Waals surface area contributed by atoms with Crippen molar-refractivity contribution in [1.29, 1.82) is 0 Å². The van der Waals surface area contributed by atoms with Gasteiger partial charge in [-0.1, -0.05) is 27.7 Å². The van der Waals surface area contributed by atoms with Crippen molar-refractivity contribution in [1.82, 2.24) is 0 Å². The van der Waals surface area contributed by atoms with Crippen molar-refractivity contribution >= 4 is 8.56 Å². The third-order valence-electron chi connectivity index (χ3n) is 3.96. The van der Waals surface area contributed by atoms with Crippen LogP contribution in [0.2, 0.25) is 11.1 Å². The third kappa shape index (κ3) is 3.58. The summed E-state index contributed by atoms with van der Waals surface area (Å²) in [6, 6.07) is 0. The number of hydrogen-bond donors (Lipinski definition) is 0. The molecule has 0 saturated carbocycles. The molecule has 0 aliphatic carbocycles. The fourth-order valence-electron chi connectivity index (χ4n) is 3.47. The van der Waals surface area contributed by atoms with Crippen LogP contribution in [-0.2, 0) is 8.85 Å². The first-order valence-electron chi connectivity index (χ1n) is 7.74. The van der Waals surface area contributed by atoms with Crippen LogP contribution in [0.25, 0.3) is 0 Å². The standard InChI is InChI=1S/C15H32O2Si/c1-7-16-18(17-8-2)14(9-12(3)4)11-15(18)10-13(5)6/h12-15H,7-11H2,1-6H3. The molecule has 1 aliphatic heterocycles. The molecule has 0 aromatic carbocycles. The Balaban J connectivity index is 2.76. The maximum absolute atomic E-state index is 6.25. The molecule has 0 N–H and O–H groups in total. The third-order valence-corrected chi connectivity index (χ3v) is 8.66. The summed E-state index contributed by atoms with van der Waals surface area (Å²) in [5.74, 6) is 1.51. The SMILES string of the molecule is CCO[Si]1(OCC)C(CC(C)C)CC1CC(C)C. The van der Waals surface area contributed by atoms with E-state index in [-0.39, 0.29) is 0 Å². The van der Waals surface area contributed by atoms with E-state index < -0.39 is 8.56 Å². The summed E-state index contributed by atoms with van der Waals surface area (Å²) in [5, 5.41) is 0. The molecule has 0 radical (unpaired) electrons. The molecule has 0 aromatic heterocycles. The van der Waals surface area contributed by atoms with Gasteiger partial charge in [-0.3, -0.25) is 0 Å². The van der Waals surface area contributed by atoms with E-state index in [1.165, 1.54) is 19.3 Å². The highest BCUT2D eigenvalue weighted by Crippen LogP contribution is 2.57. The lowest BCUT2D eigenvalue weighted by Gasteiger charge is -2.53. The van der Waals surface area contributed by atoms with Crippen LogP contribution in [0.15, 0.2) is 0 Å². The highest BCUT2D eigenvalue weighted by Gasteiger charge is 2.60. The Labute approximate surface area is 115 Å². The smallest absolute Gasteiger partial charge is 0.344 e. The molecule has 0 bridgehead atoms. The Morgan fingerprint density at radius 2 is 1.28 bits per heavy atom. The van der Waals surface area contributed by atoms with E-state index in [4.69, 9.17) is 8.85 Å². The molecular formula is C15H32O2Si. The summed E-state index contributed by atoms with van der Waals surface area (Å²) >= 11 is 0. The highest BCUT2D eigenvalue weighted by atomic mass is 28.4. The van der Waals surface area contributed by atoms with Gasteiger partial charge in [-0.2, -0.15) is 0 Å². The minimum atomic E-state index is -1.93. The Kier molecular flexibility index (Phi) is 6.35. The normalized spacial score (nSPS) is 26.7. The Hall–Kier alpha value is 0.137. The van der Waals surface area contributed by atoms with Crippen LogP contribution in [0.5, 0.6) is 0 Å². The second-order valence-corrected chi connectivity index (χ2v) is 10.1. The van der Waals surface area contributed by atoms with Crippen molar-refractivity contribution in [2.24, 2.45) is 11.8 Å². The summed E-state index contributed by atoms with van der Waals surface area (Å²) in [5.41, 5.74) is 1.45. The van der Waals surface area contributed by atoms with E-state index in [0.717, 1.165) is 36.1 Å². The quantitative estimate of drug-likeness (QED) is 0.594. The van der Waals surface area contributed by atoms with Gasteiger partial charge in [-0.25, -0.2) is 0 Å². The Morgan fingerprint density at radius 1 is 0.889 bits per heavy atom. The van der Waals surface area contributed by atoms with Gasteiger partial charge >= 0.3 is 8.56 Å². The number of rotatable bonds is 8. The summed E-state index contributed by atoms with van der Waals surface area (Å²) in [6.07, 6.45) is 3.89. The van der Waals surface area contributed by atoms with Gasteiger partial charge in [-0.15, -0.1) is 0 Å². The van der Waals surface area contributed by atoms with Crippen molar-refractivity contribution in [2.75, 3.05) is 13.2 Å². The minimum Gasteiger partial charge on any atom is -0.394 e. The van der Waals surface area contributed by atoms with Gasteiger partial charge < -0.3 is 8.85 Å². The average molecular weight is 273 g/mol. The maximum Gasteiger partial charge on any atom is 0.344 e. The first-order valence-corrected chi connectivity index (χ1v) is 9.71. The Bertz CT molecular complexity index is 217. The fourth-order valence-corrected chi connectivity index (χ4v) is 8.45. The second-order valence-electron chi connectivity index (χ2n) is 6.48. The zero-order valence-electron chi connectivity index (χ0n) is 13.2. The largest absolute Gasteiger partial charge is 0.394 e. The van der Waals surface area contributed by atoms with E-state index in [1.54, 1.807) is 0 Å². The monoisotopic (exact) mass is 272 g/mol. The van der Waals surface area contributed by atoms with E-state index in [1.807, 2.05) is 0 Å². The molecule has 2 nitrogen and oxygen atoms in total. The van der Waals surface area contributed by atoms with Crippen molar-refractivity contribution < 1.29 is 8.85 Å². The molecule has 108 valence electrons. The number of hydrogen-bond acceptors (Lipinski definition) is 2. The van der Waals surface area contributed by atoms with Crippen LogP contribution in [-0.4, -0.2) is 21.8 Å². The van der Waals surface area contributed by atoms with Gasteiger partial charge in [-0.05, 0) is 44.9 Å². The first kappa shape index (κ1) is 16.2. The van der Waals surface area contributed by atoms with E-state index >= 15 is 0 Å². The predicted molar refractivity (Wildman–Crippen MR) is 80.0 cm³/mol. The predicted octanol–water partition coefficient (Wildman–Crippen LogP) is 4.74. The van der Waals surface area contributed by atoms with Gasteiger partial charge in [0.2, 0.25) is 0 Å². The van der Waals surface area contributed by atoms with Crippen LogP contribution in [0.4, 0.5) is 0 Å². The minimum absolute atomic E-state index is 0.723. The topological polar surface area (TPSA) is 18.5 Å². The lowest BCUT2D eigenvalue weighted by molar-refractivity contribution is 0.121. The molecule has 0 aromatic rings. The molecular weight excluding hydrogens is 240 g/mol. The lowest BCUT2D eigenvalue weighted by atomic mass is 9.98. The molecule has 1 rings (SSSR count). The van der Waals surface area contributed by atoms with Crippen LogP contribution < -0.4 is 0 Å². The van der Waals surface area contributed by atoms with Gasteiger partial charge in [0.05, 0.1) is 0 Å². The Morgan fingerprint density at radius 3 is 1.56 bits per heavy atom. The van der Waals surface area contributed by atoms with E-state index in [9.17, 15) is 0 Å². The molecule has 1 heterocycles. The van der Waals surface area contributed by atoms with Gasteiger partial charge in [0.25, 0.3) is 0 Å². The molecule has 1 saturated heterocycles. The van der Waals surface area contributed by atoms with Crippen LogP contribution in [0.1, 0.15) is 60.8 Å². The molecule has 2 atom stereocenters. The molecule has 0 amide bonds. The zero-order valence-corrected chi connectivity index (χ0v) is 14.2. The van der Waals surface area contributed by atoms with Crippen LogP contribution in [0, 0.1) is 11.8 Å². The van der Waals surface area contributed by atoms with Crippen molar-refractivity contribution in [2.45, 2.75) is 71.9 Å². The summed E-state index contributed by atoms with van der Waals surface area (Å²) < 4.78 is 12.5. The molecule has 1 aliphatic rings. The van der Waals surface area contributed by atoms with Gasteiger partial charge in [0, 0.05) is 24.3 Å². The second kappa shape index (κ2) is 7.06. The van der Waals surface area contributed by atoms with E-state index in [0.29, 0.717) is 0 Å². The zero-order chi connectivity index (χ0) is 13.8. The summed E-state index contributed by atoms with van der Waals surface area (Å²) in [7, 11) is -1.93. The van der Waals surface area contributed by atoms with Crippen LogP contribution in [0.3, 0.4) is 0 Å². The molecule has 18 heavy (non-hydrogen) atoms. The average Bonchev–Trinajstić information content (AvgIpc) is 2.26. The van der Waals surface area contributed by atoms with Gasteiger partial charge in [0.1, 0.15) is 0 Å². The maximum atomic E-state index is 6.25. The fraction of sp³-hybridized carbons (Fsp3) is 1.00. The molecule has 0 spiro atoms. The molecule has 1 fully saturated rings. The highest BCUT2D eigenvalue weighted by molar-refractivity contribution is 6.73. The van der Waals surface area contributed by atoms with Crippen LogP contribution >= 0.6 is 0 Å². The van der Waals surface area contributed by atoms with Gasteiger partial charge in [0.15, 0.2) is 0 Å². The summed E-state index contributed by atoms with van der Waals surface area (Å²) in [4.78, 5) is 0. The van der Waals surface area contributed by atoms with Crippen molar-refractivity contribution in [3.8, 4) is 0 Å². The van der Waals surface area contributed by atoms with Crippen molar-refractivity contribution in [3.63, 3.8) is 0 Å². The van der Waals surface area contributed by atoms with Crippen molar-refractivity contribution in [3.05, 3.63) is 0 Å². The van der Waals surface area contributed by atoms with E-state index in [2.05, 4.69) is 41.5 Å². The molecule has 3 heteroatoms.